The van der Waals surface area contributed by atoms with Crippen LogP contribution in [0.15, 0.2) is 122 Å². The molecule has 6 unspecified atom stereocenters. The van der Waals surface area contributed by atoms with Crippen LogP contribution in [0.4, 0.5) is 0 Å². The van der Waals surface area contributed by atoms with Crippen LogP contribution in [0.5, 0.6) is 0 Å². The lowest BCUT2D eigenvalue weighted by Crippen LogP contribution is -2.61. The second-order valence-corrected chi connectivity index (χ2v) is 18.1. The Bertz CT molecular complexity index is 1730. The van der Waals surface area contributed by atoms with Gasteiger partial charge in [-0.05, 0) is 109 Å². The lowest BCUT2D eigenvalue weighted by Gasteiger charge is -2.40. The van der Waals surface area contributed by atoms with Gasteiger partial charge >= 0.3 is 23.9 Å². The number of carboxylic acids is 1. The van der Waals surface area contributed by atoms with E-state index >= 15 is 0 Å². The van der Waals surface area contributed by atoms with Gasteiger partial charge in [0, 0.05) is 19.3 Å². The van der Waals surface area contributed by atoms with E-state index in [0.29, 0.717) is 19.3 Å². The van der Waals surface area contributed by atoms with Gasteiger partial charge in [0.05, 0.1) is 6.61 Å². The third-order valence-electron chi connectivity index (χ3n) is 11.5. The molecule has 1 saturated heterocycles. The number of carbonyl (C=O) groups is 4. The van der Waals surface area contributed by atoms with E-state index in [1.807, 2.05) is 12.2 Å². The minimum Gasteiger partial charge on any atom is -0.479 e. The molecular weight excluding hydrogens is 925 g/mol. The SMILES string of the molecule is CC/C=C\C/C=C\C/C=C\C/C=C\C/C=C\C/C=C\CCC(=O)OCC(COC1OC(C(=O)O)C(O)C(O)C1OC(=O)CCCCCCC/C=C\CCCC)OC(=O)CCCCC/C=C\C/C=C\C/C=C\CC. The Morgan fingerprint density at radius 3 is 1.40 bits per heavy atom. The zero-order valence-corrected chi connectivity index (χ0v) is 44.8. The highest BCUT2D eigenvalue weighted by Crippen LogP contribution is 2.26. The van der Waals surface area contributed by atoms with E-state index in [1.165, 1.54) is 12.8 Å². The molecule has 3 N–H and O–H groups in total. The van der Waals surface area contributed by atoms with Gasteiger partial charge in [-0.1, -0.05) is 181 Å². The summed E-state index contributed by atoms with van der Waals surface area (Å²) >= 11 is 0. The van der Waals surface area contributed by atoms with Gasteiger partial charge in [0.25, 0.3) is 0 Å². The van der Waals surface area contributed by atoms with Crippen molar-refractivity contribution < 1.29 is 58.2 Å². The molecule has 12 nitrogen and oxygen atoms in total. The minimum atomic E-state index is -1.92. The van der Waals surface area contributed by atoms with Gasteiger partial charge in [0.2, 0.25) is 0 Å². The highest BCUT2D eigenvalue weighted by atomic mass is 16.7. The first-order chi connectivity index (χ1) is 35.6. The van der Waals surface area contributed by atoms with Crippen LogP contribution in [-0.2, 0) is 42.9 Å². The smallest absolute Gasteiger partial charge is 0.335 e. The number of hydrogen-bond acceptors (Lipinski definition) is 11. The predicted octanol–water partition coefficient (Wildman–Crippen LogP) is 13.7. The molecule has 1 fully saturated rings. The minimum absolute atomic E-state index is 0.0326. The topological polar surface area (TPSA) is 175 Å². The number of carbonyl (C=O) groups excluding carboxylic acids is 3. The lowest BCUT2D eigenvalue weighted by molar-refractivity contribution is -0.301. The highest BCUT2D eigenvalue weighted by Gasteiger charge is 2.50. The van der Waals surface area contributed by atoms with Crippen LogP contribution in [0.1, 0.15) is 188 Å². The van der Waals surface area contributed by atoms with Crippen LogP contribution in [0, 0.1) is 0 Å². The Hall–Kier alpha value is -4.88. The number of allylic oxidation sites excluding steroid dienone is 20. The molecule has 1 heterocycles. The van der Waals surface area contributed by atoms with E-state index in [4.69, 9.17) is 23.7 Å². The van der Waals surface area contributed by atoms with E-state index in [-0.39, 0.29) is 25.9 Å². The Labute approximate surface area is 439 Å². The molecule has 1 aliphatic heterocycles. The van der Waals surface area contributed by atoms with Gasteiger partial charge < -0.3 is 39.0 Å². The Morgan fingerprint density at radius 2 is 0.890 bits per heavy atom. The predicted molar refractivity (Wildman–Crippen MR) is 293 cm³/mol. The summed E-state index contributed by atoms with van der Waals surface area (Å²) in [7, 11) is 0. The van der Waals surface area contributed by atoms with E-state index in [9.17, 15) is 34.5 Å². The summed E-state index contributed by atoms with van der Waals surface area (Å²) in [5.74, 6) is -3.31. The average Bonchev–Trinajstić information content (AvgIpc) is 3.37. The van der Waals surface area contributed by atoms with E-state index in [2.05, 4.69) is 130 Å². The van der Waals surface area contributed by atoms with Gasteiger partial charge in [-0.3, -0.25) is 14.4 Å². The molecule has 0 bridgehead atoms. The number of unbranched alkanes of at least 4 members (excludes halogenated alkanes) is 10. The van der Waals surface area contributed by atoms with Crippen molar-refractivity contribution >= 4 is 23.9 Å². The lowest BCUT2D eigenvalue weighted by atomic mass is 9.98. The zero-order chi connectivity index (χ0) is 53.3. The van der Waals surface area contributed by atoms with Crippen molar-refractivity contribution in [1.82, 2.24) is 0 Å². The summed E-state index contributed by atoms with van der Waals surface area (Å²) in [6, 6.07) is 0. The maximum atomic E-state index is 13.1. The van der Waals surface area contributed by atoms with Crippen molar-refractivity contribution in [3.8, 4) is 0 Å². The van der Waals surface area contributed by atoms with Gasteiger partial charge in [-0.15, -0.1) is 0 Å². The first-order valence-corrected chi connectivity index (χ1v) is 27.5. The van der Waals surface area contributed by atoms with Gasteiger partial charge in [-0.2, -0.15) is 0 Å². The fourth-order valence-corrected chi connectivity index (χ4v) is 7.33. The zero-order valence-electron chi connectivity index (χ0n) is 44.8. The summed E-state index contributed by atoms with van der Waals surface area (Å²) in [5.41, 5.74) is 0. The number of ether oxygens (including phenoxy) is 5. The molecule has 0 saturated carbocycles. The van der Waals surface area contributed by atoms with Crippen molar-refractivity contribution in [1.29, 1.82) is 0 Å². The Kier molecular flexibility index (Phi) is 43.6. The molecule has 1 aliphatic rings. The molecule has 0 radical (unpaired) electrons. The number of hydrogen-bond donors (Lipinski definition) is 3. The summed E-state index contributed by atoms with van der Waals surface area (Å²) in [6.07, 6.45) is 53.5. The Balaban J connectivity index is 2.78. The first kappa shape index (κ1) is 66.1. The van der Waals surface area contributed by atoms with Gasteiger partial charge in [-0.25, -0.2) is 4.79 Å². The van der Waals surface area contributed by atoms with Crippen LogP contribution < -0.4 is 0 Å². The average molecular weight is 1020 g/mol. The highest BCUT2D eigenvalue weighted by molar-refractivity contribution is 5.74. The monoisotopic (exact) mass is 1020 g/mol. The molecule has 0 aromatic rings. The molecule has 12 heteroatoms. The first-order valence-electron chi connectivity index (χ1n) is 27.5. The maximum absolute atomic E-state index is 13.1. The summed E-state index contributed by atoms with van der Waals surface area (Å²) in [5, 5.41) is 31.4. The molecule has 0 amide bonds. The largest absolute Gasteiger partial charge is 0.479 e. The van der Waals surface area contributed by atoms with E-state index < -0.39 is 67.3 Å². The van der Waals surface area contributed by atoms with Crippen molar-refractivity contribution in [2.24, 2.45) is 0 Å². The van der Waals surface area contributed by atoms with E-state index in [1.54, 1.807) is 0 Å². The fourth-order valence-electron chi connectivity index (χ4n) is 7.33. The molecule has 73 heavy (non-hydrogen) atoms. The van der Waals surface area contributed by atoms with Crippen LogP contribution in [0.2, 0.25) is 0 Å². The number of aliphatic hydroxyl groups excluding tert-OH is 2. The number of esters is 3. The third-order valence-corrected chi connectivity index (χ3v) is 11.5. The second kappa shape index (κ2) is 48.1. The molecule has 410 valence electrons. The molecule has 0 aliphatic carbocycles. The number of carboxylic acid groups (broad SMARTS) is 1. The van der Waals surface area contributed by atoms with Crippen LogP contribution in [-0.4, -0.2) is 89.2 Å². The molecule has 6 atom stereocenters. The summed E-state index contributed by atoms with van der Waals surface area (Å²) in [6.45, 7) is 5.59. The van der Waals surface area contributed by atoms with Crippen molar-refractivity contribution in [2.45, 2.75) is 225 Å². The molecule has 1 rings (SSSR count). The van der Waals surface area contributed by atoms with Crippen LogP contribution in [0.25, 0.3) is 0 Å². The van der Waals surface area contributed by atoms with Crippen molar-refractivity contribution in [2.75, 3.05) is 13.2 Å². The second-order valence-electron chi connectivity index (χ2n) is 18.1. The number of rotatable bonds is 44. The standard InChI is InChI=1S/C61H94O12/c1-4-7-10-13-16-19-22-24-25-26-27-28-29-31-33-35-38-41-44-47-53(62)69-50-52(71-54(63)48-45-42-39-37-34-30-23-20-17-14-11-8-5-2)51-70-61-59(57(66)56(65)58(73-61)60(67)68)72-55(64)49-46-43-40-36-32-21-18-15-12-9-6-3/h7-8,10-11,15-20,24-25,27-28,30-31,33-34,38,41,52,56-59,61,65-66H,4-6,9,12-14,21-23,26,29,32,35-37,39-40,42-51H2,1-3H3,(H,67,68)/b10-7-,11-8-,18-15-,19-16-,20-17-,25-24-,28-27-,33-31-,34-30-,41-38-. The fraction of sp³-hybridized carbons (Fsp3) is 0.607. The van der Waals surface area contributed by atoms with Crippen molar-refractivity contribution in [3.63, 3.8) is 0 Å². The van der Waals surface area contributed by atoms with Crippen LogP contribution in [0.3, 0.4) is 0 Å². The molecule has 0 aromatic heterocycles. The quantitative estimate of drug-likeness (QED) is 0.0228. The van der Waals surface area contributed by atoms with Gasteiger partial charge in [0.1, 0.15) is 18.8 Å². The normalized spacial score (nSPS) is 19.3. The summed E-state index contributed by atoms with van der Waals surface area (Å²) < 4.78 is 28.2. The third kappa shape index (κ3) is 38.4. The van der Waals surface area contributed by atoms with E-state index in [0.717, 1.165) is 116 Å². The molecule has 0 aromatic carbocycles. The maximum Gasteiger partial charge on any atom is 0.335 e. The molecular formula is C61H94O12. The number of aliphatic hydroxyl groups is 2. The van der Waals surface area contributed by atoms with Crippen LogP contribution >= 0.6 is 0 Å². The number of aliphatic carboxylic acids is 1. The molecule has 0 spiro atoms. The van der Waals surface area contributed by atoms with Gasteiger partial charge in [0.15, 0.2) is 24.6 Å². The summed E-state index contributed by atoms with van der Waals surface area (Å²) in [4.78, 5) is 50.9. The Morgan fingerprint density at radius 1 is 0.466 bits per heavy atom. The van der Waals surface area contributed by atoms with Crippen molar-refractivity contribution in [3.05, 3.63) is 122 Å².